The van der Waals surface area contributed by atoms with E-state index in [0.29, 0.717) is 0 Å². The highest BCUT2D eigenvalue weighted by Gasteiger charge is 2.18. The number of aromatic nitrogens is 2. The van der Waals surface area contributed by atoms with Gasteiger partial charge in [-0.2, -0.15) is 5.10 Å². The van der Waals surface area contributed by atoms with Crippen molar-refractivity contribution in [1.82, 2.24) is 19.6 Å². The van der Waals surface area contributed by atoms with Crippen LogP contribution in [0.25, 0.3) is 0 Å². The van der Waals surface area contributed by atoms with Crippen LogP contribution in [0.5, 0.6) is 0 Å². The fourth-order valence-corrected chi connectivity index (χ4v) is 3.55. The van der Waals surface area contributed by atoms with E-state index in [4.69, 9.17) is 0 Å². The molecule has 108 valence electrons. The van der Waals surface area contributed by atoms with E-state index in [9.17, 15) is 0 Å². The Labute approximate surface area is 132 Å². The van der Waals surface area contributed by atoms with E-state index in [1.54, 1.807) is 0 Å². The van der Waals surface area contributed by atoms with Crippen molar-refractivity contribution in [2.75, 3.05) is 38.1 Å². The summed E-state index contributed by atoms with van der Waals surface area (Å²) in [7, 11) is 2.03. The fourth-order valence-electron chi connectivity index (χ4n) is 2.59. The average molecular weight is 394 g/mol. The molecule has 1 aromatic heterocycles. The quantitative estimate of drug-likeness (QED) is 0.734. The van der Waals surface area contributed by atoms with Crippen molar-refractivity contribution in [2.45, 2.75) is 19.9 Å². The highest BCUT2D eigenvalue weighted by molar-refractivity contribution is 9.10. The van der Waals surface area contributed by atoms with Crippen LogP contribution in [0.15, 0.2) is 4.47 Å². The molecule has 0 aliphatic carbocycles. The average Bonchev–Trinajstić information content (AvgIpc) is 2.58. The molecule has 0 aromatic carbocycles. The summed E-state index contributed by atoms with van der Waals surface area (Å²) in [6, 6.07) is 0. The van der Waals surface area contributed by atoms with Gasteiger partial charge in [0.25, 0.3) is 0 Å². The molecule has 2 heterocycles. The zero-order valence-electron chi connectivity index (χ0n) is 11.7. The summed E-state index contributed by atoms with van der Waals surface area (Å²) in [4.78, 5) is 5.08. The Balaban J connectivity index is 1.96. The lowest BCUT2D eigenvalue weighted by molar-refractivity contribution is 0.253. The van der Waals surface area contributed by atoms with Crippen LogP contribution in [0.4, 0.5) is 0 Å². The molecule has 2 rings (SSSR count). The van der Waals surface area contributed by atoms with Gasteiger partial charge in [0, 0.05) is 38.6 Å². The van der Waals surface area contributed by atoms with Gasteiger partial charge in [-0.3, -0.25) is 9.58 Å². The van der Waals surface area contributed by atoms with Gasteiger partial charge in [0.2, 0.25) is 0 Å². The SMILES string of the molecule is Cc1nn(C)c(CN2CCCN(CCBr)CC2)c1Br. The smallest absolute Gasteiger partial charge is 0.0739 e. The van der Waals surface area contributed by atoms with Gasteiger partial charge in [0.1, 0.15) is 0 Å². The maximum Gasteiger partial charge on any atom is 0.0739 e. The molecule has 0 amide bonds. The summed E-state index contributed by atoms with van der Waals surface area (Å²) in [6.45, 7) is 8.89. The summed E-state index contributed by atoms with van der Waals surface area (Å²) >= 11 is 7.19. The van der Waals surface area contributed by atoms with Crippen LogP contribution in [0.1, 0.15) is 17.8 Å². The van der Waals surface area contributed by atoms with Crippen LogP contribution < -0.4 is 0 Å². The van der Waals surface area contributed by atoms with Crippen molar-refractivity contribution in [3.05, 3.63) is 15.9 Å². The first-order valence-electron chi connectivity index (χ1n) is 6.80. The highest BCUT2D eigenvalue weighted by atomic mass is 79.9. The van der Waals surface area contributed by atoms with Crippen molar-refractivity contribution in [1.29, 1.82) is 0 Å². The van der Waals surface area contributed by atoms with Crippen LogP contribution in [0, 0.1) is 6.92 Å². The van der Waals surface area contributed by atoms with Gasteiger partial charge in [-0.1, -0.05) is 15.9 Å². The molecule has 4 nitrogen and oxygen atoms in total. The number of rotatable bonds is 4. The topological polar surface area (TPSA) is 24.3 Å². The van der Waals surface area contributed by atoms with Crippen molar-refractivity contribution in [2.24, 2.45) is 7.05 Å². The van der Waals surface area contributed by atoms with E-state index in [1.807, 2.05) is 18.7 Å². The normalized spacial score (nSPS) is 18.7. The lowest BCUT2D eigenvalue weighted by Gasteiger charge is -2.21. The molecule has 1 aliphatic rings. The predicted octanol–water partition coefficient (Wildman–Crippen LogP) is 2.39. The molecular formula is C13H22Br2N4. The van der Waals surface area contributed by atoms with Gasteiger partial charge in [0.05, 0.1) is 15.9 Å². The minimum absolute atomic E-state index is 0.986. The van der Waals surface area contributed by atoms with Crippen LogP contribution >= 0.6 is 31.9 Å². The Bertz CT molecular complexity index is 419. The van der Waals surface area contributed by atoms with Gasteiger partial charge in [-0.15, -0.1) is 0 Å². The molecule has 1 aromatic rings. The number of hydrogen-bond donors (Lipinski definition) is 0. The first-order valence-corrected chi connectivity index (χ1v) is 8.72. The van der Waals surface area contributed by atoms with Crippen LogP contribution in [0.2, 0.25) is 0 Å². The lowest BCUT2D eigenvalue weighted by atomic mass is 10.3. The number of aryl methyl sites for hydroxylation is 2. The highest BCUT2D eigenvalue weighted by Crippen LogP contribution is 2.22. The van der Waals surface area contributed by atoms with E-state index in [-0.39, 0.29) is 0 Å². The maximum atomic E-state index is 4.47. The van der Waals surface area contributed by atoms with E-state index in [1.165, 1.54) is 31.7 Å². The summed E-state index contributed by atoms with van der Waals surface area (Å²) < 4.78 is 3.16. The maximum absolute atomic E-state index is 4.47. The van der Waals surface area contributed by atoms with Gasteiger partial charge < -0.3 is 4.90 Å². The molecule has 1 saturated heterocycles. The molecule has 0 saturated carbocycles. The van der Waals surface area contributed by atoms with Gasteiger partial charge in [0.15, 0.2) is 0 Å². The molecule has 0 unspecified atom stereocenters. The molecule has 19 heavy (non-hydrogen) atoms. The molecule has 1 fully saturated rings. The molecule has 0 bridgehead atoms. The van der Waals surface area contributed by atoms with Crippen molar-refractivity contribution in [3.8, 4) is 0 Å². The van der Waals surface area contributed by atoms with Gasteiger partial charge >= 0.3 is 0 Å². The Hall–Kier alpha value is 0.0900. The third kappa shape index (κ3) is 4.03. The Morgan fingerprint density at radius 1 is 1.16 bits per heavy atom. The Morgan fingerprint density at radius 3 is 2.47 bits per heavy atom. The zero-order chi connectivity index (χ0) is 13.8. The van der Waals surface area contributed by atoms with Crippen LogP contribution in [-0.2, 0) is 13.6 Å². The van der Waals surface area contributed by atoms with E-state index < -0.39 is 0 Å². The predicted molar refractivity (Wildman–Crippen MR) is 85.8 cm³/mol. The number of halogens is 2. The summed E-state index contributed by atoms with van der Waals surface area (Å²) in [5.41, 5.74) is 2.36. The number of alkyl halides is 1. The first kappa shape index (κ1) is 15.5. The fraction of sp³-hybridized carbons (Fsp3) is 0.769. The second kappa shape index (κ2) is 7.20. The molecule has 1 aliphatic heterocycles. The standard InChI is InChI=1S/C13H22Br2N4/c1-11-13(15)12(17(2)16-11)10-19-6-3-5-18(7-4-14)8-9-19/h3-10H2,1-2H3. The van der Waals surface area contributed by atoms with Crippen molar-refractivity contribution in [3.63, 3.8) is 0 Å². The first-order chi connectivity index (χ1) is 9.11. The van der Waals surface area contributed by atoms with Crippen LogP contribution in [0.3, 0.4) is 0 Å². The third-order valence-electron chi connectivity index (χ3n) is 3.72. The van der Waals surface area contributed by atoms with E-state index in [2.05, 4.69) is 46.8 Å². The van der Waals surface area contributed by atoms with Crippen molar-refractivity contribution >= 4 is 31.9 Å². The lowest BCUT2D eigenvalue weighted by Crippen LogP contribution is -2.32. The van der Waals surface area contributed by atoms with Crippen LogP contribution in [-0.4, -0.2) is 57.6 Å². The van der Waals surface area contributed by atoms with Crippen molar-refractivity contribution < 1.29 is 0 Å². The third-order valence-corrected chi connectivity index (χ3v) is 5.10. The minimum Gasteiger partial charge on any atom is -0.301 e. The Kier molecular flexibility index (Phi) is 5.87. The largest absolute Gasteiger partial charge is 0.301 e. The summed E-state index contributed by atoms with van der Waals surface area (Å²) in [5.74, 6) is 0. The second-order valence-corrected chi connectivity index (χ2v) is 6.72. The molecule has 0 radical (unpaired) electrons. The zero-order valence-corrected chi connectivity index (χ0v) is 14.9. The molecular weight excluding hydrogens is 372 g/mol. The monoisotopic (exact) mass is 392 g/mol. The molecule has 0 atom stereocenters. The molecule has 0 N–H and O–H groups in total. The minimum atomic E-state index is 0.986. The van der Waals surface area contributed by atoms with Gasteiger partial charge in [-0.05, 0) is 42.4 Å². The van der Waals surface area contributed by atoms with Gasteiger partial charge in [-0.25, -0.2) is 0 Å². The number of hydrogen-bond acceptors (Lipinski definition) is 3. The summed E-state index contributed by atoms with van der Waals surface area (Å²) in [5, 5.41) is 5.54. The van der Waals surface area contributed by atoms with E-state index in [0.717, 1.165) is 35.1 Å². The second-order valence-electron chi connectivity index (χ2n) is 5.13. The Morgan fingerprint density at radius 2 is 1.84 bits per heavy atom. The van der Waals surface area contributed by atoms with E-state index >= 15 is 0 Å². The number of nitrogens with zero attached hydrogens (tertiary/aromatic N) is 4. The molecule has 0 spiro atoms. The molecule has 6 heteroatoms. The summed E-state index contributed by atoms with van der Waals surface area (Å²) in [6.07, 6.45) is 1.25.